The van der Waals surface area contributed by atoms with Gasteiger partial charge in [0.15, 0.2) is 5.82 Å². The molecule has 0 radical (unpaired) electrons. The van der Waals surface area contributed by atoms with Crippen LogP contribution in [0.2, 0.25) is 5.02 Å². The summed E-state index contributed by atoms with van der Waals surface area (Å²) in [6.07, 6.45) is 0.176. The van der Waals surface area contributed by atoms with Crippen molar-refractivity contribution in [2.24, 2.45) is 10.2 Å². The van der Waals surface area contributed by atoms with E-state index in [4.69, 9.17) is 21.3 Å². The van der Waals surface area contributed by atoms with Crippen molar-refractivity contribution in [1.82, 2.24) is 9.78 Å². The molecule has 0 fully saturated rings. The molecule has 0 aliphatic carbocycles. The van der Waals surface area contributed by atoms with Gasteiger partial charge in [-0.3, -0.25) is 14.1 Å². The van der Waals surface area contributed by atoms with Crippen LogP contribution in [-0.2, 0) is 20.3 Å². The van der Waals surface area contributed by atoms with E-state index in [2.05, 4.69) is 26.9 Å². The van der Waals surface area contributed by atoms with Gasteiger partial charge >= 0.3 is 5.97 Å². The number of nitrogens with zero attached hydrogens (tertiary/aromatic N) is 6. The van der Waals surface area contributed by atoms with Gasteiger partial charge in [0.05, 0.1) is 39.0 Å². The van der Waals surface area contributed by atoms with Gasteiger partial charge in [0.2, 0.25) is 5.91 Å². The minimum Gasteiger partial charge on any atom is -0.478 e. The van der Waals surface area contributed by atoms with Crippen molar-refractivity contribution in [2.75, 3.05) is 34.4 Å². The second-order valence-corrected chi connectivity index (χ2v) is 14.6. The van der Waals surface area contributed by atoms with Crippen LogP contribution in [0.1, 0.15) is 73.0 Å². The largest absolute Gasteiger partial charge is 0.478 e. The van der Waals surface area contributed by atoms with Crippen molar-refractivity contribution in [3.63, 3.8) is 0 Å². The number of azo groups is 1. The van der Waals surface area contributed by atoms with Gasteiger partial charge in [-0.25, -0.2) is 9.48 Å². The van der Waals surface area contributed by atoms with Gasteiger partial charge in [0.25, 0.3) is 16.0 Å². The Kier molecular flexibility index (Phi) is 12.2. The molecule has 0 bridgehead atoms. The van der Waals surface area contributed by atoms with Gasteiger partial charge in [-0.05, 0) is 61.9 Å². The fraction of sp³-hybridized carbons (Fsp3) is 0.286. The third-order valence-electron chi connectivity index (χ3n) is 7.64. The van der Waals surface area contributed by atoms with Gasteiger partial charge in [-0.1, -0.05) is 44.5 Å². The monoisotopic (exact) mass is 748 g/mol. The minimum absolute atomic E-state index is 0.0373. The number of anilines is 3. The summed E-state index contributed by atoms with van der Waals surface area (Å²) in [5.74, 6) is -2.65. The number of carbonyl (C=O) groups excluding carboxylic acids is 2. The van der Waals surface area contributed by atoms with Crippen LogP contribution < -0.4 is 15.5 Å². The SMILES string of the molecule is CCN(CCCS(=O)(=O)O)c1ccc(/N=N/c2c(C#N)c(C(C)(C)C)nn2-c2ccc(NC(=O)c3ccccc3C(=O)O)cc2Cl)c(NC(C)=O)c1. The molecular formula is C35H37ClN8O7S. The van der Waals surface area contributed by atoms with Crippen molar-refractivity contribution in [3.8, 4) is 11.8 Å². The van der Waals surface area contributed by atoms with Crippen molar-refractivity contribution in [3.05, 3.63) is 88.1 Å². The molecule has 3 aromatic carbocycles. The molecule has 0 aliphatic rings. The molecule has 4 N–H and O–H groups in total. The zero-order chi connectivity index (χ0) is 38.4. The number of carboxylic acids is 1. The van der Waals surface area contributed by atoms with Crippen LogP contribution in [-0.4, -0.2) is 64.5 Å². The molecule has 4 rings (SSSR count). The van der Waals surface area contributed by atoms with Crippen LogP contribution in [0.15, 0.2) is 70.9 Å². The first-order valence-corrected chi connectivity index (χ1v) is 17.9. The molecule has 52 heavy (non-hydrogen) atoms. The van der Waals surface area contributed by atoms with Crippen LogP contribution in [0.3, 0.4) is 0 Å². The van der Waals surface area contributed by atoms with Crippen LogP contribution >= 0.6 is 11.6 Å². The predicted molar refractivity (Wildman–Crippen MR) is 197 cm³/mol. The molecule has 272 valence electrons. The Balaban J connectivity index is 1.75. The molecule has 0 spiro atoms. The quantitative estimate of drug-likeness (QED) is 0.0801. The first-order valence-electron chi connectivity index (χ1n) is 15.9. The van der Waals surface area contributed by atoms with E-state index in [1.165, 1.54) is 41.9 Å². The maximum absolute atomic E-state index is 13.0. The lowest BCUT2D eigenvalue weighted by molar-refractivity contribution is -0.114. The number of nitriles is 1. The van der Waals surface area contributed by atoms with Crippen molar-refractivity contribution < 1.29 is 32.5 Å². The standard InChI is InChI=1S/C35H37ClN8O7S/c1-6-43(16-9-17-52(49,50)51)23-13-14-28(29(19-23)38-21(2)45)40-41-32-26(20-37)31(35(3,4)5)42-44(32)30-15-12-22(18-27(30)36)39-33(46)24-10-7-8-11-25(24)34(47)48/h7-8,10-15,18-19H,6,9,16-17H2,1-5H3,(H,38,45)(H,39,46)(H,47,48)(H,49,50,51)/b41-40+. The Morgan fingerprint density at radius 1 is 1.04 bits per heavy atom. The Bertz CT molecular complexity index is 2200. The highest BCUT2D eigenvalue weighted by Crippen LogP contribution is 2.38. The van der Waals surface area contributed by atoms with E-state index in [-0.39, 0.29) is 51.2 Å². The fourth-order valence-electron chi connectivity index (χ4n) is 5.23. The number of carboxylic acid groups (broad SMARTS) is 1. The first kappa shape index (κ1) is 39.2. The van der Waals surface area contributed by atoms with E-state index in [1.54, 1.807) is 30.3 Å². The number of hydrogen-bond acceptors (Lipinski definition) is 10. The Morgan fingerprint density at radius 3 is 2.31 bits per heavy atom. The van der Waals surface area contributed by atoms with Crippen molar-refractivity contribution in [1.29, 1.82) is 5.26 Å². The summed E-state index contributed by atoms with van der Waals surface area (Å²) in [4.78, 5) is 38.6. The molecule has 17 heteroatoms. The molecule has 0 atom stereocenters. The third kappa shape index (κ3) is 9.57. The number of carbonyl (C=O) groups is 3. The topological polar surface area (TPSA) is 219 Å². The van der Waals surface area contributed by atoms with Crippen LogP contribution in [0, 0.1) is 11.3 Å². The fourth-order valence-corrected chi connectivity index (χ4v) is 5.98. The van der Waals surface area contributed by atoms with E-state index in [1.807, 2.05) is 32.6 Å². The highest BCUT2D eigenvalue weighted by molar-refractivity contribution is 7.85. The molecule has 0 saturated heterocycles. The van der Waals surface area contributed by atoms with Gasteiger partial charge in [0, 0.05) is 36.8 Å². The maximum Gasteiger partial charge on any atom is 0.336 e. The first-order chi connectivity index (χ1) is 24.4. The maximum atomic E-state index is 13.0. The number of halogens is 1. The summed E-state index contributed by atoms with van der Waals surface area (Å²) < 4.78 is 32.9. The van der Waals surface area contributed by atoms with Gasteiger partial charge in [-0.15, -0.1) is 10.2 Å². The van der Waals surface area contributed by atoms with Crippen LogP contribution in [0.25, 0.3) is 5.69 Å². The Hall–Kier alpha value is -5.63. The molecular weight excluding hydrogens is 712 g/mol. The number of hydrogen-bond donors (Lipinski definition) is 4. The molecule has 0 saturated carbocycles. The molecule has 2 amide bonds. The zero-order valence-corrected chi connectivity index (χ0v) is 30.6. The van der Waals surface area contributed by atoms with Crippen LogP contribution in [0.4, 0.5) is 28.6 Å². The lowest BCUT2D eigenvalue weighted by Gasteiger charge is -2.24. The number of aromatic carboxylic acids is 1. The minimum atomic E-state index is -4.12. The highest BCUT2D eigenvalue weighted by Gasteiger charge is 2.29. The van der Waals surface area contributed by atoms with Crippen LogP contribution in [0.5, 0.6) is 0 Å². The second-order valence-electron chi connectivity index (χ2n) is 12.6. The molecule has 1 heterocycles. The summed E-state index contributed by atoms with van der Waals surface area (Å²) in [5, 5.41) is 38.8. The number of nitrogens with one attached hydrogen (secondary N) is 2. The average molecular weight is 749 g/mol. The molecule has 1 aromatic heterocycles. The lowest BCUT2D eigenvalue weighted by Crippen LogP contribution is -2.25. The number of amides is 2. The van der Waals surface area contributed by atoms with E-state index in [9.17, 15) is 33.2 Å². The Morgan fingerprint density at radius 2 is 1.73 bits per heavy atom. The van der Waals surface area contributed by atoms with Crippen molar-refractivity contribution >= 4 is 68.1 Å². The highest BCUT2D eigenvalue weighted by atomic mass is 35.5. The lowest BCUT2D eigenvalue weighted by atomic mass is 9.90. The van der Waals surface area contributed by atoms with Gasteiger partial charge in [0.1, 0.15) is 17.3 Å². The summed E-state index contributed by atoms with van der Waals surface area (Å²) in [7, 11) is -4.12. The molecule has 4 aromatic rings. The van der Waals surface area contributed by atoms with E-state index < -0.39 is 33.2 Å². The normalized spacial score (nSPS) is 11.7. The van der Waals surface area contributed by atoms with Gasteiger partial charge in [-0.2, -0.15) is 18.8 Å². The third-order valence-corrected chi connectivity index (χ3v) is 8.75. The van der Waals surface area contributed by atoms with E-state index >= 15 is 0 Å². The zero-order valence-electron chi connectivity index (χ0n) is 29.0. The number of aromatic nitrogens is 2. The predicted octanol–water partition coefficient (Wildman–Crippen LogP) is 7.12. The summed E-state index contributed by atoms with van der Waals surface area (Å²) in [6.45, 7) is 9.65. The molecule has 0 aliphatic heterocycles. The molecule has 0 unspecified atom stereocenters. The molecule has 15 nitrogen and oxygen atoms in total. The summed E-state index contributed by atoms with van der Waals surface area (Å²) in [5.41, 5.74) is 1.49. The number of rotatable bonds is 13. The average Bonchev–Trinajstić information content (AvgIpc) is 3.44. The second kappa shape index (κ2) is 16.1. The Labute approximate surface area is 305 Å². The smallest absolute Gasteiger partial charge is 0.336 e. The summed E-state index contributed by atoms with van der Waals surface area (Å²) in [6, 6.07) is 17.5. The van der Waals surface area contributed by atoms with E-state index in [0.29, 0.717) is 35.8 Å². The number of benzene rings is 3. The van der Waals surface area contributed by atoms with E-state index in [0.717, 1.165) is 0 Å². The van der Waals surface area contributed by atoms with Gasteiger partial charge < -0.3 is 20.6 Å². The van der Waals surface area contributed by atoms with Crippen molar-refractivity contribution in [2.45, 2.75) is 46.5 Å². The summed E-state index contributed by atoms with van der Waals surface area (Å²) >= 11 is 6.73.